The Morgan fingerprint density at radius 1 is 1.06 bits per heavy atom. The summed E-state index contributed by atoms with van der Waals surface area (Å²) in [6.07, 6.45) is 3.61. The number of anilines is 1. The van der Waals surface area contributed by atoms with Crippen molar-refractivity contribution in [2.24, 2.45) is 0 Å². The maximum Gasteiger partial charge on any atom is 0.234 e. The molecule has 174 valence electrons. The molecule has 2 heterocycles. The standard InChI is InChI=1S/C25H30FN5OS/c1-17-8-7-9-18(2)23(17)27-22(32)16-33-25-29-28-24(19(3)30-14-5-4-6-15-30)31(25)21-12-10-20(26)11-13-21/h7-13,19H,4-6,14-16H2,1-3H3,(H,27,32). The molecular formula is C25H30FN5OS. The first-order valence-corrected chi connectivity index (χ1v) is 12.4. The van der Waals surface area contributed by atoms with Crippen molar-refractivity contribution < 1.29 is 9.18 Å². The first kappa shape index (κ1) is 23.4. The summed E-state index contributed by atoms with van der Waals surface area (Å²) < 4.78 is 15.6. The molecule has 1 aliphatic rings. The number of rotatable bonds is 7. The molecule has 2 aromatic carbocycles. The smallest absolute Gasteiger partial charge is 0.234 e. The Morgan fingerprint density at radius 3 is 2.39 bits per heavy atom. The van der Waals surface area contributed by atoms with Crippen LogP contribution in [0.15, 0.2) is 47.6 Å². The highest BCUT2D eigenvalue weighted by Crippen LogP contribution is 2.30. The zero-order valence-electron chi connectivity index (χ0n) is 19.3. The SMILES string of the molecule is Cc1cccc(C)c1NC(=O)CSc1nnc(C(C)N2CCCCC2)n1-c1ccc(F)cc1. The summed E-state index contributed by atoms with van der Waals surface area (Å²) in [4.78, 5) is 15.1. The number of para-hydroxylation sites is 1. The van der Waals surface area contributed by atoms with E-state index >= 15 is 0 Å². The molecule has 6 nitrogen and oxygen atoms in total. The zero-order valence-corrected chi connectivity index (χ0v) is 20.2. The highest BCUT2D eigenvalue weighted by molar-refractivity contribution is 7.99. The Bertz CT molecular complexity index is 1090. The van der Waals surface area contributed by atoms with E-state index in [4.69, 9.17) is 0 Å². The van der Waals surface area contributed by atoms with Crippen molar-refractivity contribution in [3.63, 3.8) is 0 Å². The number of nitrogens with zero attached hydrogens (tertiary/aromatic N) is 4. The number of nitrogens with one attached hydrogen (secondary N) is 1. The molecule has 0 aliphatic carbocycles. The lowest BCUT2D eigenvalue weighted by molar-refractivity contribution is -0.113. The van der Waals surface area contributed by atoms with Gasteiger partial charge in [0.2, 0.25) is 5.91 Å². The van der Waals surface area contributed by atoms with Gasteiger partial charge in [-0.3, -0.25) is 14.3 Å². The largest absolute Gasteiger partial charge is 0.325 e. The number of piperidine rings is 1. The van der Waals surface area contributed by atoms with Gasteiger partial charge in [0.15, 0.2) is 11.0 Å². The minimum atomic E-state index is -0.292. The van der Waals surface area contributed by atoms with E-state index in [0.717, 1.165) is 41.4 Å². The molecule has 1 aromatic heterocycles. The predicted molar refractivity (Wildman–Crippen MR) is 130 cm³/mol. The average Bonchev–Trinajstić information content (AvgIpc) is 3.24. The number of carbonyl (C=O) groups is 1. The number of halogens is 1. The van der Waals surface area contributed by atoms with Crippen LogP contribution in [0.3, 0.4) is 0 Å². The quantitative estimate of drug-likeness (QED) is 0.478. The molecule has 1 fully saturated rings. The van der Waals surface area contributed by atoms with E-state index in [0.29, 0.717) is 5.16 Å². The highest BCUT2D eigenvalue weighted by Gasteiger charge is 2.26. The number of hydrogen-bond donors (Lipinski definition) is 1. The number of aromatic nitrogens is 3. The summed E-state index contributed by atoms with van der Waals surface area (Å²) in [6.45, 7) is 8.15. The van der Waals surface area contributed by atoms with E-state index in [-0.39, 0.29) is 23.5 Å². The van der Waals surface area contributed by atoms with Crippen LogP contribution in [0.1, 0.15) is 49.2 Å². The summed E-state index contributed by atoms with van der Waals surface area (Å²) >= 11 is 1.34. The molecule has 1 saturated heterocycles. The molecule has 0 spiro atoms. The Morgan fingerprint density at radius 2 is 1.73 bits per heavy atom. The van der Waals surface area contributed by atoms with Crippen LogP contribution in [0.25, 0.3) is 5.69 Å². The normalized spacial score (nSPS) is 15.4. The maximum absolute atomic E-state index is 13.6. The van der Waals surface area contributed by atoms with Gasteiger partial charge in [-0.2, -0.15) is 0 Å². The van der Waals surface area contributed by atoms with Crippen molar-refractivity contribution in [3.05, 3.63) is 65.2 Å². The van der Waals surface area contributed by atoms with E-state index in [2.05, 4.69) is 27.3 Å². The van der Waals surface area contributed by atoms with Crippen LogP contribution in [-0.2, 0) is 4.79 Å². The minimum Gasteiger partial charge on any atom is -0.325 e. The van der Waals surface area contributed by atoms with Crippen LogP contribution in [-0.4, -0.2) is 44.4 Å². The zero-order chi connectivity index (χ0) is 23.4. The van der Waals surface area contributed by atoms with E-state index in [1.807, 2.05) is 36.6 Å². The van der Waals surface area contributed by atoms with Gasteiger partial charge >= 0.3 is 0 Å². The fraction of sp³-hybridized carbons (Fsp3) is 0.400. The lowest BCUT2D eigenvalue weighted by atomic mass is 10.1. The van der Waals surface area contributed by atoms with Crippen molar-refractivity contribution in [1.82, 2.24) is 19.7 Å². The fourth-order valence-electron chi connectivity index (χ4n) is 4.26. The van der Waals surface area contributed by atoms with Crippen LogP contribution in [0.2, 0.25) is 0 Å². The van der Waals surface area contributed by atoms with Gasteiger partial charge in [0.1, 0.15) is 5.82 Å². The third kappa shape index (κ3) is 5.45. The first-order chi connectivity index (χ1) is 15.9. The first-order valence-electron chi connectivity index (χ1n) is 11.4. The highest BCUT2D eigenvalue weighted by atomic mass is 32.2. The number of likely N-dealkylation sites (tertiary alicyclic amines) is 1. The number of hydrogen-bond acceptors (Lipinski definition) is 5. The van der Waals surface area contributed by atoms with Crippen LogP contribution in [0, 0.1) is 19.7 Å². The van der Waals surface area contributed by atoms with Crippen LogP contribution in [0.5, 0.6) is 0 Å². The molecular weight excluding hydrogens is 437 g/mol. The van der Waals surface area contributed by atoms with Crippen molar-refractivity contribution in [1.29, 1.82) is 0 Å². The molecule has 3 aromatic rings. The molecule has 0 radical (unpaired) electrons. The summed E-state index contributed by atoms with van der Waals surface area (Å²) in [5.74, 6) is 0.614. The van der Waals surface area contributed by atoms with E-state index in [1.54, 1.807) is 12.1 Å². The molecule has 33 heavy (non-hydrogen) atoms. The number of amides is 1. The number of thioether (sulfide) groups is 1. The van der Waals surface area contributed by atoms with Crippen LogP contribution in [0.4, 0.5) is 10.1 Å². The number of aryl methyl sites for hydroxylation is 2. The van der Waals surface area contributed by atoms with E-state index < -0.39 is 0 Å². The Labute approximate surface area is 198 Å². The van der Waals surface area contributed by atoms with E-state index in [1.165, 1.54) is 43.2 Å². The van der Waals surface area contributed by atoms with Gasteiger partial charge in [0, 0.05) is 11.4 Å². The number of benzene rings is 2. The Balaban J connectivity index is 1.56. The fourth-order valence-corrected chi connectivity index (χ4v) is 5.02. The van der Waals surface area contributed by atoms with Crippen molar-refractivity contribution >= 4 is 23.4 Å². The minimum absolute atomic E-state index is 0.0700. The summed E-state index contributed by atoms with van der Waals surface area (Å²) in [7, 11) is 0. The lowest BCUT2D eigenvalue weighted by Gasteiger charge is -2.31. The summed E-state index contributed by atoms with van der Waals surface area (Å²) in [6, 6.07) is 12.3. The summed E-state index contributed by atoms with van der Waals surface area (Å²) in [5, 5.41) is 12.6. The maximum atomic E-state index is 13.6. The molecule has 4 rings (SSSR count). The van der Waals surface area contributed by atoms with E-state index in [9.17, 15) is 9.18 Å². The molecule has 1 atom stereocenters. The Kier molecular flexibility index (Phi) is 7.45. The van der Waals surface area contributed by atoms with Gasteiger partial charge < -0.3 is 5.32 Å². The van der Waals surface area contributed by atoms with Crippen molar-refractivity contribution in [2.45, 2.75) is 51.2 Å². The molecule has 8 heteroatoms. The van der Waals surface area contributed by atoms with Gasteiger partial charge in [0.25, 0.3) is 0 Å². The molecule has 0 saturated carbocycles. The molecule has 1 N–H and O–H groups in total. The second kappa shape index (κ2) is 10.5. The molecule has 0 bridgehead atoms. The van der Waals surface area contributed by atoms with Gasteiger partial charge in [-0.25, -0.2) is 4.39 Å². The summed E-state index contributed by atoms with van der Waals surface area (Å²) in [5.41, 5.74) is 3.70. The average molecular weight is 468 g/mol. The second-order valence-corrected chi connectivity index (χ2v) is 9.47. The van der Waals surface area contributed by atoms with Gasteiger partial charge in [-0.1, -0.05) is 36.4 Å². The number of carbonyl (C=O) groups excluding carboxylic acids is 1. The van der Waals surface area contributed by atoms with Crippen molar-refractivity contribution in [2.75, 3.05) is 24.2 Å². The van der Waals surface area contributed by atoms with Crippen LogP contribution >= 0.6 is 11.8 Å². The monoisotopic (exact) mass is 467 g/mol. The molecule has 1 aliphatic heterocycles. The van der Waals surface area contributed by atoms with Gasteiger partial charge in [-0.15, -0.1) is 10.2 Å². The lowest BCUT2D eigenvalue weighted by Crippen LogP contribution is -2.33. The third-order valence-electron chi connectivity index (χ3n) is 6.13. The van der Waals surface area contributed by atoms with Crippen LogP contribution < -0.4 is 5.32 Å². The van der Waals surface area contributed by atoms with Gasteiger partial charge in [0.05, 0.1) is 11.8 Å². The predicted octanol–water partition coefficient (Wildman–Crippen LogP) is 5.30. The Hall–Kier alpha value is -2.71. The van der Waals surface area contributed by atoms with Crippen molar-refractivity contribution in [3.8, 4) is 5.69 Å². The molecule has 1 unspecified atom stereocenters. The van der Waals surface area contributed by atoms with Gasteiger partial charge in [-0.05, 0) is 82.1 Å². The topological polar surface area (TPSA) is 63.1 Å². The third-order valence-corrected chi connectivity index (χ3v) is 7.06. The molecule has 1 amide bonds. The second-order valence-electron chi connectivity index (χ2n) is 8.53.